The van der Waals surface area contributed by atoms with Crippen LogP contribution in [0.1, 0.15) is 22.5 Å². The molecule has 1 N–H and O–H groups in total. The van der Waals surface area contributed by atoms with Gasteiger partial charge < -0.3 is 5.11 Å². The predicted octanol–water partition coefficient (Wildman–Crippen LogP) is 2.53. The van der Waals surface area contributed by atoms with Gasteiger partial charge in [-0.05, 0) is 26.0 Å². The van der Waals surface area contributed by atoms with Crippen LogP contribution in [0.2, 0.25) is 0 Å². The van der Waals surface area contributed by atoms with Crippen LogP contribution in [-0.4, -0.2) is 25.8 Å². The number of pyridine rings is 1. The zero-order valence-corrected chi connectivity index (χ0v) is 11.3. The summed E-state index contributed by atoms with van der Waals surface area (Å²) in [5.74, 6) is -1.03. The summed E-state index contributed by atoms with van der Waals surface area (Å²) in [7, 11) is 0. The van der Waals surface area contributed by atoms with Gasteiger partial charge >= 0.3 is 12.1 Å². The fourth-order valence-corrected chi connectivity index (χ4v) is 2.02. The molecule has 21 heavy (non-hydrogen) atoms. The van der Waals surface area contributed by atoms with Crippen molar-refractivity contribution in [2.24, 2.45) is 0 Å². The lowest BCUT2D eigenvalue weighted by Crippen LogP contribution is -2.09. The van der Waals surface area contributed by atoms with Crippen LogP contribution in [0.4, 0.5) is 13.2 Å². The number of hydrogen-bond donors (Lipinski definition) is 1. The van der Waals surface area contributed by atoms with Gasteiger partial charge in [0.15, 0.2) is 5.82 Å². The van der Waals surface area contributed by atoms with Crippen molar-refractivity contribution in [3.05, 3.63) is 40.8 Å². The average Bonchev–Trinajstić information content (AvgIpc) is 2.65. The van der Waals surface area contributed by atoms with E-state index in [2.05, 4.69) is 10.1 Å². The zero-order valence-electron chi connectivity index (χ0n) is 11.3. The summed E-state index contributed by atoms with van der Waals surface area (Å²) in [5.41, 5.74) is 0.553. The summed E-state index contributed by atoms with van der Waals surface area (Å²) in [5, 5.41) is 12.9. The fraction of sp³-hybridized carbons (Fsp3) is 0.308. The van der Waals surface area contributed by atoms with Crippen LogP contribution in [0.5, 0.6) is 0 Å². The highest BCUT2D eigenvalue weighted by molar-refractivity contribution is 5.71. The third-order valence-electron chi connectivity index (χ3n) is 3.06. The molecule has 0 saturated heterocycles. The first-order chi connectivity index (χ1) is 9.70. The Morgan fingerprint density at radius 1 is 1.38 bits per heavy atom. The van der Waals surface area contributed by atoms with Gasteiger partial charge in [0.05, 0.1) is 17.7 Å². The Kier molecular flexibility index (Phi) is 3.71. The molecule has 0 unspecified atom stereocenters. The molecule has 0 aromatic carbocycles. The molecule has 0 saturated carbocycles. The van der Waals surface area contributed by atoms with Crippen LogP contribution in [0.3, 0.4) is 0 Å². The summed E-state index contributed by atoms with van der Waals surface area (Å²) in [6, 6.07) is 1.75. The molecule has 5 nitrogen and oxygen atoms in total. The van der Waals surface area contributed by atoms with Gasteiger partial charge in [-0.1, -0.05) is 0 Å². The average molecular weight is 299 g/mol. The molecular formula is C13H12F3N3O2. The van der Waals surface area contributed by atoms with Crippen molar-refractivity contribution in [2.75, 3.05) is 0 Å². The monoisotopic (exact) mass is 299 g/mol. The predicted molar refractivity (Wildman–Crippen MR) is 67.2 cm³/mol. The van der Waals surface area contributed by atoms with Gasteiger partial charge in [-0.15, -0.1) is 0 Å². The zero-order chi connectivity index (χ0) is 15.8. The summed E-state index contributed by atoms with van der Waals surface area (Å²) in [6.07, 6.45) is -3.67. The SMILES string of the molecule is Cc1nn(-c2cc(C(F)(F)F)ccn2)c(C)c1CC(=O)O. The van der Waals surface area contributed by atoms with Gasteiger partial charge in [0.1, 0.15) is 0 Å². The Hall–Kier alpha value is -2.38. The number of aliphatic carboxylic acids is 1. The Morgan fingerprint density at radius 2 is 2.05 bits per heavy atom. The number of nitrogens with zero attached hydrogens (tertiary/aromatic N) is 3. The van der Waals surface area contributed by atoms with Crippen molar-refractivity contribution in [2.45, 2.75) is 26.4 Å². The molecule has 2 rings (SSSR count). The number of hydrogen-bond acceptors (Lipinski definition) is 3. The van der Waals surface area contributed by atoms with E-state index in [4.69, 9.17) is 5.11 Å². The van der Waals surface area contributed by atoms with E-state index in [0.29, 0.717) is 17.0 Å². The van der Waals surface area contributed by atoms with Crippen LogP contribution in [-0.2, 0) is 17.4 Å². The number of aromatic nitrogens is 3. The van der Waals surface area contributed by atoms with E-state index in [-0.39, 0.29) is 12.2 Å². The molecule has 2 aromatic rings. The normalized spacial score (nSPS) is 11.7. The van der Waals surface area contributed by atoms with E-state index in [1.807, 2.05) is 0 Å². The highest BCUT2D eigenvalue weighted by Gasteiger charge is 2.31. The molecule has 0 bridgehead atoms. The first kappa shape index (κ1) is 15.0. The van der Waals surface area contributed by atoms with Crippen molar-refractivity contribution < 1.29 is 23.1 Å². The number of carboxylic acid groups (broad SMARTS) is 1. The molecule has 2 aromatic heterocycles. The van der Waals surface area contributed by atoms with Crippen molar-refractivity contribution >= 4 is 5.97 Å². The summed E-state index contributed by atoms with van der Waals surface area (Å²) >= 11 is 0. The van der Waals surface area contributed by atoms with Crippen LogP contribution in [0.15, 0.2) is 18.3 Å². The topological polar surface area (TPSA) is 68.0 Å². The third kappa shape index (κ3) is 3.04. The Bertz CT molecular complexity index is 692. The molecule has 0 atom stereocenters. The summed E-state index contributed by atoms with van der Waals surface area (Å²) in [4.78, 5) is 14.7. The van der Waals surface area contributed by atoms with Gasteiger partial charge in [0.2, 0.25) is 0 Å². The first-order valence-electron chi connectivity index (χ1n) is 6.00. The van der Waals surface area contributed by atoms with E-state index in [1.54, 1.807) is 13.8 Å². The van der Waals surface area contributed by atoms with E-state index in [9.17, 15) is 18.0 Å². The standard InChI is InChI=1S/C13H12F3N3O2/c1-7-10(6-12(20)21)8(2)19(18-7)11-5-9(3-4-17-11)13(14,15)16/h3-5H,6H2,1-2H3,(H,20,21). The fourth-order valence-electron chi connectivity index (χ4n) is 2.02. The van der Waals surface area contributed by atoms with Crippen LogP contribution in [0, 0.1) is 13.8 Å². The molecule has 0 aliphatic rings. The van der Waals surface area contributed by atoms with Crippen molar-refractivity contribution in [1.29, 1.82) is 0 Å². The van der Waals surface area contributed by atoms with Gasteiger partial charge in [-0.3, -0.25) is 4.79 Å². The largest absolute Gasteiger partial charge is 0.481 e. The minimum Gasteiger partial charge on any atom is -0.481 e. The molecular weight excluding hydrogens is 287 g/mol. The lowest BCUT2D eigenvalue weighted by Gasteiger charge is -2.09. The molecule has 0 aliphatic heterocycles. The lowest BCUT2D eigenvalue weighted by atomic mass is 10.1. The molecule has 0 amide bonds. The molecule has 2 heterocycles. The van der Waals surface area contributed by atoms with Crippen LogP contribution in [0.25, 0.3) is 5.82 Å². The van der Waals surface area contributed by atoms with Crippen molar-refractivity contribution in [3.8, 4) is 5.82 Å². The minimum absolute atomic E-state index is 0.00191. The minimum atomic E-state index is -4.47. The second-order valence-electron chi connectivity index (χ2n) is 4.53. The van der Waals surface area contributed by atoms with Crippen LogP contribution < -0.4 is 0 Å². The quantitative estimate of drug-likeness (QED) is 0.945. The number of carboxylic acids is 1. The van der Waals surface area contributed by atoms with Crippen molar-refractivity contribution in [3.63, 3.8) is 0 Å². The van der Waals surface area contributed by atoms with Crippen molar-refractivity contribution in [1.82, 2.24) is 14.8 Å². The third-order valence-corrected chi connectivity index (χ3v) is 3.06. The number of aryl methyl sites for hydroxylation is 1. The van der Waals surface area contributed by atoms with E-state index < -0.39 is 17.7 Å². The number of carbonyl (C=O) groups is 1. The second-order valence-corrected chi connectivity index (χ2v) is 4.53. The smallest absolute Gasteiger partial charge is 0.416 e. The van der Waals surface area contributed by atoms with Gasteiger partial charge in [0.25, 0.3) is 0 Å². The lowest BCUT2D eigenvalue weighted by molar-refractivity contribution is -0.138. The van der Waals surface area contributed by atoms with E-state index >= 15 is 0 Å². The highest BCUT2D eigenvalue weighted by Crippen LogP contribution is 2.30. The maximum Gasteiger partial charge on any atom is 0.416 e. The molecule has 112 valence electrons. The maximum atomic E-state index is 12.7. The summed E-state index contributed by atoms with van der Waals surface area (Å²) < 4.78 is 39.3. The Labute approximate surface area is 118 Å². The Morgan fingerprint density at radius 3 is 2.62 bits per heavy atom. The number of halogens is 3. The molecule has 0 aliphatic carbocycles. The van der Waals surface area contributed by atoms with E-state index in [0.717, 1.165) is 18.3 Å². The molecule has 8 heteroatoms. The number of alkyl halides is 3. The summed E-state index contributed by atoms with van der Waals surface area (Å²) in [6.45, 7) is 3.20. The molecule has 0 radical (unpaired) electrons. The van der Waals surface area contributed by atoms with Gasteiger partial charge in [0, 0.05) is 17.5 Å². The van der Waals surface area contributed by atoms with Crippen LogP contribution >= 0.6 is 0 Å². The highest BCUT2D eigenvalue weighted by atomic mass is 19.4. The van der Waals surface area contributed by atoms with Gasteiger partial charge in [-0.25, -0.2) is 9.67 Å². The second kappa shape index (κ2) is 5.19. The van der Waals surface area contributed by atoms with Gasteiger partial charge in [-0.2, -0.15) is 18.3 Å². The molecule has 0 spiro atoms. The van der Waals surface area contributed by atoms with E-state index in [1.165, 1.54) is 4.68 Å². The molecule has 0 fully saturated rings. The first-order valence-corrected chi connectivity index (χ1v) is 6.00. The number of rotatable bonds is 3. The Balaban J connectivity index is 2.51. The maximum absolute atomic E-state index is 12.7.